The largest absolute Gasteiger partial charge is 0.0623 e. The third kappa shape index (κ3) is 51.9. The molecule has 0 atom stereocenters. The Bertz CT molecular complexity index is 830. The Morgan fingerprint density at radius 2 is 0.647 bits per heavy atom. The monoisotopic (exact) mass is 562 g/mol. The minimum Gasteiger partial charge on any atom is -0.0623 e. The van der Waals surface area contributed by atoms with Crippen LogP contribution in [0.2, 0.25) is 0 Å². The fraction of sp³-hybridized carbons (Fsp3) is 0.250. The molecule has 18 heteroatoms. The van der Waals surface area contributed by atoms with Crippen LogP contribution in [-0.4, -0.2) is 9.13 Å². The van der Waals surface area contributed by atoms with Gasteiger partial charge in [-0.3, -0.25) is 0 Å². The first-order valence-corrected chi connectivity index (χ1v) is 12.6. The third-order valence-corrected chi connectivity index (χ3v) is 2.47. The molecule has 0 aliphatic heterocycles. The second-order valence-electron chi connectivity index (χ2n) is 6.56. The SMILES string of the molecule is Cn1cc[n+](C)c1.Cn1cc[n+](C)c1.F[P-](F)(F)(F)(F)F.F[P-](F)(F)(F)(F)F.c1ccccc1. The van der Waals surface area contributed by atoms with Gasteiger partial charge in [-0.05, 0) is 0 Å². The number of aromatic nitrogens is 4. The van der Waals surface area contributed by atoms with E-state index in [0.29, 0.717) is 0 Å². The molecule has 0 aliphatic rings. The number of hydrogen-bond donors (Lipinski definition) is 0. The van der Waals surface area contributed by atoms with Crippen LogP contribution in [0.25, 0.3) is 0 Å². The molecule has 0 spiro atoms. The van der Waals surface area contributed by atoms with Gasteiger partial charge < -0.3 is 0 Å². The van der Waals surface area contributed by atoms with Crippen LogP contribution in [0.1, 0.15) is 0 Å². The Kier molecular flexibility index (Phi) is 10.1. The van der Waals surface area contributed by atoms with E-state index >= 15 is 0 Å². The van der Waals surface area contributed by atoms with E-state index in [2.05, 4.69) is 0 Å². The van der Waals surface area contributed by atoms with Crippen LogP contribution >= 0.6 is 15.6 Å². The average molecular weight is 562 g/mol. The van der Waals surface area contributed by atoms with Crippen molar-refractivity contribution in [2.24, 2.45) is 28.2 Å². The molecule has 0 radical (unpaired) electrons. The van der Waals surface area contributed by atoms with Gasteiger partial charge in [-0.2, -0.15) is 0 Å². The summed E-state index contributed by atoms with van der Waals surface area (Å²) in [5, 5.41) is 0. The number of rotatable bonds is 0. The van der Waals surface area contributed by atoms with Gasteiger partial charge in [0.2, 0.25) is 12.7 Å². The van der Waals surface area contributed by atoms with Crippen molar-refractivity contribution >= 4 is 15.6 Å². The predicted molar refractivity (Wildman–Crippen MR) is 107 cm³/mol. The standard InChI is InChI=1S/C6H6.2C5H9N2.2F6P/c1-2-4-6-5-3-1;2*1-6-3-4-7(2)5-6;2*1-7(2,3,4,5)6/h1-6H;2*3-5H,1-2H3;;/q;2*+1;2*-1. The first kappa shape index (κ1) is 33.8. The Morgan fingerprint density at radius 1 is 0.471 bits per heavy atom. The molecule has 0 fully saturated rings. The van der Waals surface area contributed by atoms with Crippen molar-refractivity contribution in [3.8, 4) is 0 Å². The van der Waals surface area contributed by atoms with Gasteiger partial charge in [0.25, 0.3) is 0 Å². The second kappa shape index (κ2) is 10.1. The molecule has 2 aromatic heterocycles. The van der Waals surface area contributed by atoms with Gasteiger partial charge in [-0.1, -0.05) is 36.4 Å². The van der Waals surface area contributed by atoms with Crippen molar-refractivity contribution < 1.29 is 59.5 Å². The number of hydrogen-bond acceptors (Lipinski definition) is 0. The van der Waals surface area contributed by atoms with E-state index < -0.39 is 15.6 Å². The number of imidazole rings is 2. The summed E-state index contributed by atoms with van der Waals surface area (Å²) in [6, 6.07) is 12.0. The van der Waals surface area contributed by atoms with Crippen LogP contribution in [-0.2, 0) is 28.2 Å². The van der Waals surface area contributed by atoms with Gasteiger partial charge in [0.1, 0.15) is 24.8 Å². The van der Waals surface area contributed by atoms with Crippen LogP contribution in [0.4, 0.5) is 50.4 Å². The second-order valence-corrected chi connectivity index (χ2v) is 10.4. The van der Waals surface area contributed by atoms with Gasteiger partial charge in [0, 0.05) is 0 Å². The molecule has 0 N–H and O–H groups in total. The number of aryl methyl sites for hydroxylation is 4. The summed E-state index contributed by atoms with van der Waals surface area (Å²) in [5.74, 6) is 0. The molecular weight excluding hydrogens is 538 g/mol. The van der Waals surface area contributed by atoms with Crippen molar-refractivity contribution in [2.45, 2.75) is 0 Å². The summed E-state index contributed by atoms with van der Waals surface area (Å²) in [6.07, 6.45) is 12.0. The van der Waals surface area contributed by atoms with E-state index in [1.54, 1.807) is 0 Å². The minimum absolute atomic E-state index is 2.00. The van der Waals surface area contributed by atoms with Crippen molar-refractivity contribution in [2.75, 3.05) is 0 Å². The summed E-state index contributed by atoms with van der Waals surface area (Å²) in [6.45, 7) is 0. The first-order chi connectivity index (χ1) is 14.5. The van der Waals surface area contributed by atoms with Crippen molar-refractivity contribution in [3.63, 3.8) is 0 Å². The van der Waals surface area contributed by atoms with Crippen LogP contribution in [0.5, 0.6) is 0 Å². The van der Waals surface area contributed by atoms with Gasteiger partial charge >= 0.3 is 66.0 Å². The number of halogens is 12. The Balaban J connectivity index is 0. The summed E-state index contributed by atoms with van der Waals surface area (Å²) in [5.41, 5.74) is 0. The van der Waals surface area contributed by atoms with Crippen molar-refractivity contribution in [3.05, 3.63) is 73.8 Å². The molecule has 202 valence electrons. The molecule has 3 rings (SSSR count). The van der Waals surface area contributed by atoms with Gasteiger partial charge in [-0.25, -0.2) is 18.3 Å². The van der Waals surface area contributed by atoms with E-state index in [1.807, 2.05) is 120 Å². The molecule has 0 unspecified atom stereocenters. The Morgan fingerprint density at radius 3 is 0.706 bits per heavy atom. The van der Waals surface area contributed by atoms with Crippen molar-refractivity contribution in [1.29, 1.82) is 0 Å². The van der Waals surface area contributed by atoms with Crippen LogP contribution < -0.4 is 9.13 Å². The molecule has 0 saturated heterocycles. The maximum absolute atomic E-state index is 10.7. The zero-order chi connectivity index (χ0) is 27.6. The maximum atomic E-state index is 9.87. The topological polar surface area (TPSA) is 17.6 Å². The van der Waals surface area contributed by atoms with E-state index in [1.165, 1.54) is 0 Å². The molecule has 1 aromatic carbocycles. The van der Waals surface area contributed by atoms with E-state index in [4.69, 9.17) is 0 Å². The number of benzene rings is 1. The third-order valence-electron chi connectivity index (χ3n) is 2.47. The summed E-state index contributed by atoms with van der Waals surface area (Å²) in [7, 11) is -13.3. The van der Waals surface area contributed by atoms with Crippen LogP contribution in [0.3, 0.4) is 0 Å². The maximum Gasteiger partial charge on any atom is -0.0623 e. The van der Waals surface area contributed by atoms with Crippen LogP contribution in [0, 0.1) is 0 Å². The molecular formula is C16H24F12N4P2. The normalized spacial score (nSPS) is 14.8. The van der Waals surface area contributed by atoms with Gasteiger partial charge in [-0.15, -0.1) is 0 Å². The number of nitrogens with zero attached hydrogens (tertiary/aromatic N) is 4. The first-order valence-electron chi connectivity index (χ1n) is 8.55. The van der Waals surface area contributed by atoms with E-state index in [9.17, 15) is 50.4 Å². The summed E-state index contributed by atoms with van der Waals surface area (Å²) >= 11 is 0. The zero-order valence-corrected chi connectivity index (χ0v) is 19.9. The zero-order valence-electron chi connectivity index (χ0n) is 18.1. The van der Waals surface area contributed by atoms with Gasteiger partial charge in [0.15, 0.2) is 0 Å². The van der Waals surface area contributed by atoms with E-state index in [0.717, 1.165) is 0 Å². The molecule has 2 heterocycles. The fourth-order valence-electron chi connectivity index (χ4n) is 1.53. The molecule has 0 amide bonds. The average Bonchev–Trinajstić information content (AvgIpc) is 3.11. The summed E-state index contributed by atoms with van der Waals surface area (Å²) in [4.78, 5) is 0. The molecule has 34 heavy (non-hydrogen) atoms. The van der Waals surface area contributed by atoms with Crippen molar-refractivity contribution in [1.82, 2.24) is 9.13 Å². The smallest absolute Gasteiger partial charge is 0.0623 e. The molecule has 0 saturated carbocycles. The molecule has 0 aliphatic carbocycles. The molecule has 4 nitrogen and oxygen atoms in total. The summed E-state index contributed by atoms with van der Waals surface area (Å²) < 4.78 is 126. The minimum atomic E-state index is -10.7. The molecule has 0 bridgehead atoms. The Hall–Kier alpha value is -2.34. The Labute approximate surface area is 187 Å². The quantitative estimate of drug-likeness (QED) is 0.150. The molecule has 3 aromatic rings. The van der Waals surface area contributed by atoms with E-state index in [-0.39, 0.29) is 0 Å². The van der Waals surface area contributed by atoms with Crippen LogP contribution in [0.15, 0.2) is 73.8 Å². The predicted octanol–water partition coefficient (Wildman–Crippen LogP) is 8.15. The van der Waals surface area contributed by atoms with Gasteiger partial charge in [0.05, 0.1) is 28.2 Å². The fourth-order valence-corrected chi connectivity index (χ4v) is 1.53.